The minimum absolute atomic E-state index is 0.318. The van der Waals surface area contributed by atoms with Crippen molar-refractivity contribution < 1.29 is 0 Å². The highest BCUT2D eigenvalue weighted by atomic mass is 79.9. The third kappa shape index (κ3) is 2.53. The molecule has 86 valence electrons. The third-order valence-electron chi connectivity index (χ3n) is 2.60. The van der Waals surface area contributed by atoms with Crippen LogP contribution in [0.3, 0.4) is 0 Å². The van der Waals surface area contributed by atoms with Crippen LogP contribution in [0.1, 0.15) is 16.6 Å². The van der Waals surface area contributed by atoms with E-state index in [0.717, 1.165) is 6.42 Å². The Labute approximate surface area is 108 Å². The van der Waals surface area contributed by atoms with Crippen molar-refractivity contribution in [2.45, 2.75) is 12.5 Å². The largest absolute Gasteiger partial charge is 0.311 e. The molecule has 0 saturated carbocycles. The average Bonchev–Trinajstić information content (AvgIpc) is 2.84. The molecule has 0 aliphatic carbocycles. The second kappa shape index (κ2) is 5.12. The summed E-state index contributed by atoms with van der Waals surface area (Å²) in [6, 6.07) is 6.63. The topological polar surface area (TPSA) is 29.9 Å². The van der Waals surface area contributed by atoms with Crippen molar-refractivity contribution in [3.05, 3.63) is 38.8 Å². The van der Waals surface area contributed by atoms with Crippen LogP contribution < -0.4 is 5.32 Å². The van der Waals surface area contributed by atoms with Crippen LogP contribution in [0.4, 0.5) is 0 Å². The predicted octanol–water partition coefficient (Wildman–Crippen LogP) is 2.75. The Morgan fingerprint density at radius 2 is 2.31 bits per heavy atom. The molecule has 0 aliphatic rings. The van der Waals surface area contributed by atoms with Gasteiger partial charge in [0.15, 0.2) is 0 Å². The molecule has 1 N–H and O–H groups in total. The number of likely N-dealkylation sites (N-methyl/N-ethyl adjacent to an activating group) is 1. The van der Waals surface area contributed by atoms with E-state index in [1.807, 2.05) is 25.0 Å². The Bertz CT molecular complexity index is 463. The van der Waals surface area contributed by atoms with Crippen molar-refractivity contribution in [1.29, 1.82) is 0 Å². The maximum absolute atomic E-state index is 4.20. The molecule has 0 radical (unpaired) electrons. The van der Waals surface area contributed by atoms with Gasteiger partial charge in [-0.3, -0.25) is 4.68 Å². The van der Waals surface area contributed by atoms with Crippen LogP contribution in [0.25, 0.3) is 0 Å². The lowest BCUT2D eigenvalue weighted by Crippen LogP contribution is -2.21. The molecule has 1 unspecified atom stereocenters. The van der Waals surface area contributed by atoms with Crippen LogP contribution in [0.15, 0.2) is 28.2 Å². The van der Waals surface area contributed by atoms with E-state index in [1.54, 1.807) is 11.3 Å². The summed E-state index contributed by atoms with van der Waals surface area (Å²) in [6.45, 7) is 0. The summed E-state index contributed by atoms with van der Waals surface area (Å²) in [5, 5.41) is 7.54. The minimum atomic E-state index is 0.318. The molecule has 2 aromatic heterocycles. The predicted molar refractivity (Wildman–Crippen MR) is 70.7 cm³/mol. The molecule has 0 bridgehead atoms. The maximum atomic E-state index is 4.20. The number of thiophene rings is 1. The average molecular weight is 300 g/mol. The molecule has 0 fully saturated rings. The quantitative estimate of drug-likeness (QED) is 0.941. The Morgan fingerprint density at radius 1 is 1.50 bits per heavy atom. The molecule has 2 aromatic rings. The van der Waals surface area contributed by atoms with Gasteiger partial charge < -0.3 is 5.32 Å². The Hall–Kier alpha value is -0.650. The highest BCUT2D eigenvalue weighted by Gasteiger charge is 2.14. The first-order chi connectivity index (χ1) is 7.70. The van der Waals surface area contributed by atoms with E-state index in [1.165, 1.54) is 14.4 Å². The summed E-state index contributed by atoms with van der Waals surface area (Å²) in [5.74, 6) is 0. The first kappa shape index (κ1) is 11.8. The minimum Gasteiger partial charge on any atom is -0.311 e. The number of aryl methyl sites for hydroxylation is 1. The summed E-state index contributed by atoms with van der Waals surface area (Å²) in [4.78, 5) is 1.37. The third-order valence-corrected chi connectivity index (χ3v) is 4.24. The van der Waals surface area contributed by atoms with E-state index >= 15 is 0 Å². The number of aromatic nitrogens is 2. The van der Waals surface area contributed by atoms with Gasteiger partial charge in [0.25, 0.3) is 0 Å². The fraction of sp³-hybridized carbons (Fsp3) is 0.364. The van der Waals surface area contributed by atoms with E-state index in [-0.39, 0.29) is 0 Å². The highest BCUT2D eigenvalue weighted by Crippen LogP contribution is 2.26. The second-order valence-electron chi connectivity index (χ2n) is 3.63. The van der Waals surface area contributed by atoms with Gasteiger partial charge in [0.05, 0.1) is 15.5 Å². The standard InChI is InChI=1S/C11H14BrN3S/c1-13-9(10-5-6-14-15(10)2)7-8-3-4-11(12)16-8/h3-6,9,13H,7H2,1-2H3. The summed E-state index contributed by atoms with van der Waals surface area (Å²) < 4.78 is 3.10. The zero-order valence-corrected chi connectivity index (χ0v) is 11.7. The first-order valence-corrected chi connectivity index (χ1v) is 6.71. The van der Waals surface area contributed by atoms with Gasteiger partial charge in [-0.25, -0.2) is 0 Å². The molecule has 0 spiro atoms. The lowest BCUT2D eigenvalue weighted by Gasteiger charge is -2.15. The maximum Gasteiger partial charge on any atom is 0.0701 e. The van der Waals surface area contributed by atoms with E-state index < -0.39 is 0 Å². The van der Waals surface area contributed by atoms with Crippen LogP contribution in [0, 0.1) is 0 Å². The fourth-order valence-corrected chi connectivity index (χ4v) is 3.27. The molecule has 2 heterocycles. The molecule has 0 aliphatic heterocycles. The lowest BCUT2D eigenvalue weighted by molar-refractivity contribution is 0.540. The number of halogens is 1. The van der Waals surface area contributed by atoms with Gasteiger partial charge in [-0.15, -0.1) is 11.3 Å². The molecule has 2 rings (SSSR count). The van der Waals surface area contributed by atoms with E-state index in [2.05, 4.69) is 44.5 Å². The molecule has 1 atom stereocenters. The summed E-state index contributed by atoms with van der Waals surface area (Å²) >= 11 is 5.27. The molecule has 0 amide bonds. The van der Waals surface area contributed by atoms with E-state index in [0.29, 0.717) is 6.04 Å². The lowest BCUT2D eigenvalue weighted by atomic mass is 10.1. The number of nitrogens with zero attached hydrogens (tertiary/aromatic N) is 2. The molecular formula is C11H14BrN3S. The molecule has 5 heteroatoms. The highest BCUT2D eigenvalue weighted by molar-refractivity contribution is 9.11. The van der Waals surface area contributed by atoms with Gasteiger partial charge in [0.2, 0.25) is 0 Å². The van der Waals surface area contributed by atoms with Crippen LogP contribution >= 0.6 is 27.3 Å². The molecular weight excluding hydrogens is 286 g/mol. The monoisotopic (exact) mass is 299 g/mol. The Morgan fingerprint density at radius 3 is 2.81 bits per heavy atom. The summed E-state index contributed by atoms with van der Waals surface area (Å²) in [6.07, 6.45) is 2.83. The van der Waals surface area contributed by atoms with Crippen molar-refractivity contribution in [3.8, 4) is 0 Å². The van der Waals surface area contributed by atoms with Gasteiger partial charge in [-0.05, 0) is 41.2 Å². The number of hydrogen-bond donors (Lipinski definition) is 1. The van der Waals surface area contributed by atoms with E-state index in [9.17, 15) is 0 Å². The van der Waals surface area contributed by atoms with Crippen molar-refractivity contribution in [3.63, 3.8) is 0 Å². The first-order valence-electron chi connectivity index (χ1n) is 5.10. The Balaban J connectivity index is 2.15. The zero-order chi connectivity index (χ0) is 11.5. The van der Waals surface area contributed by atoms with Crippen LogP contribution in [-0.4, -0.2) is 16.8 Å². The molecule has 16 heavy (non-hydrogen) atoms. The van der Waals surface area contributed by atoms with Gasteiger partial charge in [-0.1, -0.05) is 0 Å². The normalized spacial score (nSPS) is 12.9. The van der Waals surface area contributed by atoms with Crippen molar-refractivity contribution in [1.82, 2.24) is 15.1 Å². The Kier molecular flexibility index (Phi) is 3.78. The van der Waals surface area contributed by atoms with Crippen LogP contribution in [-0.2, 0) is 13.5 Å². The van der Waals surface area contributed by atoms with Gasteiger partial charge in [0.1, 0.15) is 0 Å². The van der Waals surface area contributed by atoms with Gasteiger partial charge in [-0.2, -0.15) is 5.10 Å². The number of hydrogen-bond acceptors (Lipinski definition) is 3. The molecule has 0 aromatic carbocycles. The SMILES string of the molecule is CNC(Cc1ccc(Br)s1)c1ccnn1C. The zero-order valence-electron chi connectivity index (χ0n) is 9.27. The molecule has 0 saturated heterocycles. The summed E-state index contributed by atoms with van der Waals surface area (Å²) in [5.41, 5.74) is 1.21. The van der Waals surface area contributed by atoms with E-state index in [4.69, 9.17) is 0 Å². The second-order valence-corrected chi connectivity index (χ2v) is 6.18. The smallest absolute Gasteiger partial charge is 0.0701 e. The van der Waals surface area contributed by atoms with Gasteiger partial charge >= 0.3 is 0 Å². The number of nitrogens with one attached hydrogen (secondary N) is 1. The summed E-state index contributed by atoms with van der Waals surface area (Å²) in [7, 11) is 3.96. The fourth-order valence-electron chi connectivity index (χ4n) is 1.74. The number of rotatable bonds is 4. The van der Waals surface area contributed by atoms with Crippen LogP contribution in [0.2, 0.25) is 0 Å². The van der Waals surface area contributed by atoms with Crippen molar-refractivity contribution in [2.24, 2.45) is 7.05 Å². The van der Waals surface area contributed by atoms with Crippen molar-refractivity contribution in [2.75, 3.05) is 7.05 Å². The van der Waals surface area contributed by atoms with Gasteiger partial charge in [0, 0.05) is 24.5 Å². The van der Waals surface area contributed by atoms with Crippen LogP contribution in [0.5, 0.6) is 0 Å². The molecule has 3 nitrogen and oxygen atoms in total. The van der Waals surface area contributed by atoms with Crippen molar-refractivity contribution >= 4 is 27.3 Å².